The predicted octanol–water partition coefficient (Wildman–Crippen LogP) is 6.49. The van der Waals surface area contributed by atoms with E-state index in [2.05, 4.69) is 57.5 Å². The molecule has 0 atom stereocenters. The summed E-state index contributed by atoms with van der Waals surface area (Å²) in [6.45, 7) is 3.30. The van der Waals surface area contributed by atoms with Crippen LogP contribution in [0.2, 0.25) is 0 Å². The van der Waals surface area contributed by atoms with E-state index in [1.807, 2.05) is 53.4 Å². The topological polar surface area (TPSA) is 71.0 Å². The molecule has 0 fully saturated rings. The van der Waals surface area contributed by atoms with Crippen molar-refractivity contribution in [3.63, 3.8) is 0 Å². The third-order valence-corrected chi connectivity index (χ3v) is 5.99. The number of nitrogens with zero attached hydrogens (tertiary/aromatic N) is 4. The van der Waals surface area contributed by atoms with Crippen LogP contribution >= 0.6 is 0 Å². The third kappa shape index (κ3) is 5.23. The van der Waals surface area contributed by atoms with E-state index >= 15 is 0 Å². The Balaban J connectivity index is 1.44. The van der Waals surface area contributed by atoms with Crippen LogP contribution in [0.1, 0.15) is 29.3 Å². The number of aromatic nitrogens is 3. The molecule has 0 aliphatic rings. The molecule has 0 radical (unpaired) electrons. The van der Waals surface area contributed by atoms with Crippen LogP contribution < -0.4 is 5.32 Å². The minimum absolute atomic E-state index is 0.00478. The van der Waals surface area contributed by atoms with Crippen LogP contribution in [0.4, 0.5) is 11.5 Å². The number of anilines is 2. The molecule has 0 aliphatic heterocycles. The number of pyridine rings is 1. The number of benzene rings is 3. The van der Waals surface area contributed by atoms with E-state index in [1.54, 1.807) is 24.8 Å². The fourth-order valence-corrected chi connectivity index (χ4v) is 4.26. The maximum atomic E-state index is 13.1. The minimum atomic E-state index is -0.00478. The summed E-state index contributed by atoms with van der Waals surface area (Å²) in [7, 11) is 0. The lowest BCUT2D eigenvalue weighted by Gasteiger charge is -2.22. The molecule has 2 heterocycles. The van der Waals surface area contributed by atoms with Crippen molar-refractivity contribution in [1.82, 2.24) is 19.9 Å². The summed E-state index contributed by atoms with van der Waals surface area (Å²) in [5.41, 5.74) is 5.67. The zero-order valence-corrected chi connectivity index (χ0v) is 20.1. The van der Waals surface area contributed by atoms with Crippen LogP contribution in [0.25, 0.3) is 22.0 Å². The van der Waals surface area contributed by atoms with Crippen molar-refractivity contribution in [3.05, 3.63) is 115 Å². The van der Waals surface area contributed by atoms with Gasteiger partial charge in [0.15, 0.2) is 0 Å². The molecule has 1 amide bonds. The molecule has 0 spiro atoms. The molecular formula is C30H27N5O. The van der Waals surface area contributed by atoms with Crippen LogP contribution in [0.15, 0.2) is 104 Å². The van der Waals surface area contributed by atoms with Gasteiger partial charge in [0.2, 0.25) is 0 Å². The van der Waals surface area contributed by atoms with E-state index in [9.17, 15) is 4.79 Å². The van der Waals surface area contributed by atoms with E-state index < -0.39 is 0 Å². The number of amides is 1. The lowest BCUT2D eigenvalue weighted by molar-refractivity contribution is 0.0743. The molecule has 0 unspecified atom stereocenters. The summed E-state index contributed by atoms with van der Waals surface area (Å²) < 4.78 is 0. The number of carbonyl (C=O) groups excluding carboxylic acids is 1. The van der Waals surface area contributed by atoms with Gasteiger partial charge in [0.1, 0.15) is 12.1 Å². The lowest BCUT2D eigenvalue weighted by Crippen LogP contribution is -2.31. The summed E-state index contributed by atoms with van der Waals surface area (Å²) in [6, 6.07) is 28.1. The molecule has 2 aromatic heterocycles. The molecule has 0 aliphatic carbocycles. The van der Waals surface area contributed by atoms with Gasteiger partial charge in [-0.15, -0.1) is 0 Å². The van der Waals surface area contributed by atoms with Gasteiger partial charge in [-0.25, -0.2) is 9.97 Å². The molecule has 6 nitrogen and oxygen atoms in total. The van der Waals surface area contributed by atoms with Crippen molar-refractivity contribution >= 4 is 28.3 Å². The maximum Gasteiger partial charge on any atom is 0.255 e. The number of para-hydroxylation sites is 1. The van der Waals surface area contributed by atoms with Crippen LogP contribution in [0.3, 0.4) is 0 Å². The molecule has 178 valence electrons. The standard InChI is InChI=1S/C30H27N5O/c1-2-16-35(30(36)25-10-7-15-31-19-25)20-22-8-6-9-23(17-22)24-13-14-28-27(18-24)29(33-21-32-28)34-26-11-4-3-5-12-26/h3-15,17-19,21H,2,16,20H2,1H3,(H,32,33,34). The third-order valence-electron chi connectivity index (χ3n) is 5.99. The molecule has 5 aromatic rings. The maximum absolute atomic E-state index is 13.1. The van der Waals surface area contributed by atoms with E-state index in [0.29, 0.717) is 18.7 Å². The Morgan fingerprint density at radius 3 is 2.56 bits per heavy atom. The molecule has 1 N–H and O–H groups in total. The summed E-state index contributed by atoms with van der Waals surface area (Å²) in [5.74, 6) is 0.759. The van der Waals surface area contributed by atoms with Gasteiger partial charge in [0, 0.05) is 36.6 Å². The van der Waals surface area contributed by atoms with Crippen LogP contribution in [-0.2, 0) is 6.54 Å². The first kappa shape index (κ1) is 23.2. The first-order chi connectivity index (χ1) is 17.7. The van der Waals surface area contributed by atoms with Crippen molar-refractivity contribution in [2.24, 2.45) is 0 Å². The second kappa shape index (κ2) is 10.8. The second-order valence-electron chi connectivity index (χ2n) is 8.61. The highest BCUT2D eigenvalue weighted by atomic mass is 16.2. The van der Waals surface area contributed by atoms with Gasteiger partial charge in [-0.3, -0.25) is 9.78 Å². The Morgan fingerprint density at radius 1 is 0.889 bits per heavy atom. The summed E-state index contributed by atoms with van der Waals surface area (Å²) in [4.78, 5) is 28.0. The SMILES string of the molecule is CCCN(Cc1cccc(-c2ccc3ncnc(Nc4ccccc4)c3c2)c1)C(=O)c1cccnc1. The smallest absolute Gasteiger partial charge is 0.255 e. The normalized spacial score (nSPS) is 10.8. The molecular weight excluding hydrogens is 446 g/mol. The zero-order chi connectivity index (χ0) is 24.7. The van der Waals surface area contributed by atoms with E-state index in [-0.39, 0.29) is 5.91 Å². The highest BCUT2D eigenvalue weighted by molar-refractivity contribution is 5.94. The second-order valence-corrected chi connectivity index (χ2v) is 8.61. The van der Waals surface area contributed by atoms with Crippen molar-refractivity contribution in [2.75, 3.05) is 11.9 Å². The Bertz CT molecular complexity index is 1470. The minimum Gasteiger partial charge on any atom is -0.340 e. The van der Waals surface area contributed by atoms with E-state index in [4.69, 9.17) is 0 Å². The van der Waals surface area contributed by atoms with Gasteiger partial charge in [0.25, 0.3) is 5.91 Å². The molecule has 0 saturated carbocycles. The Hall–Kier alpha value is -4.58. The van der Waals surface area contributed by atoms with Gasteiger partial charge in [-0.05, 0) is 65.6 Å². The van der Waals surface area contributed by atoms with Gasteiger partial charge < -0.3 is 10.2 Å². The molecule has 0 bridgehead atoms. The van der Waals surface area contributed by atoms with E-state index in [1.165, 1.54) is 0 Å². The number of carbonyl (C=O) groups is 1. The summed E-state index contributed by atoms with van der Waals surface area (Å²) >= 11 is 0. The fourth-order valence-electron chi connectivity index (χ4n) is 4.26. The molecule has 36 heavy (non-hydrogen) atoms. The van der Waals surface area contributed by atoms with Crippen molar-refractivity contribution in [2.45, 2.75) is 19.9 Å². The fraction of sp³-hybridized carbons (Fsp3) is 0.133. The highest BCUT2D eigenvalue weighted by Crippen LogP contribution is 2.29. The van der Waals surface area contributed by atoms with Crippen molar-refractivity contribution in [3.8, 4) is 11.1 Å². The average molecular weight is 474 g/mol. The Kier molecular flexibility index (Phi) is 6.94. The molecule has 5 rings (SSSR count). The predicted molar refractivity (Wildman–Crippen MR) is 144 cm³/mol. The number of hydrogen-bond acceptors (Lipinski definition) is 5. The summed E-state index contributed by atoms with van der Waals surface area (Å²) in [5, 5.41) is 4.35. The Morgan fingerprint density at radius 2 is 1.75 bits per heavy atom. The number of hydrogen-bond donors (Lipinski definition) is 1. The first-order valence-electron chi connectivity index (χ1n) is 12.1. The van der Waals surface area contributed by atoms with Gasteiger partial charge in [-0.1, -0.05) is 49.4 Å². The molecule has 6 heteroatoms. The van der Waals surface area contributed by atoms with Gasteiger partial charge in [0.05, 0.1) is 11.1 Å². The monoisotopic (exact) mass is 473 g/mol. The van der Waals surface area contributed by atoms with Crippen LogP contribution in [0, 0.1) is 0 Å². The van der Waals surface area contributed by atoms with Gasteiger partial charge in [-0.2, -0.15) is 0 Å². The largest absolute Gasteiger partial charge is 0.340 e. The number of rotatable bonds is 8. The lowest BCUT2D eigenvalue weighted by atomic mass is 10.0. The number of fused-ring (bicyclic) bond motifs is 1. The van der Waals surface area contributed by atoms with Crippen molar-refractivity contribution < 1.29 is 4.79 Å². The molecule has 3 aromatic carbocycles. The van der Waals surface area contributed by atoms with Gasteiger partial charge >= 0.3 is 0 Å². The zero-order valence-electron chi connectivity index (χ0n) is 20.1. The highest BCUT2D eigenvalue weighted by Gasteiger charge is 2.16. The Labute approximate surface area is 210 Å². The average Bonchev–Trinajstić information content (AvgIpc) is 2.93. The quantitative estimate of drug-likeness (QED) is 0.279. The molecule has 0 saturated heterocycles. The summed E-state index contributed by atoms with van der Waals surface area (Å²) in [6.07, 6.45) is 5.77. The van der Waals surface area contributed by atoms with Crippen LogP contribution in [0.5, 0.6) is 0 Å². The van der Waals surface area contributed by atoms with E-state index in [0.717, 1.165) is 45.5 Å². The van der Waals surface area contributed by atoms with Crippen molar-refractivity contribution in [1.29, 1.82) is 0 Å². The van der Waals surface area contributed by atoms with Crippen LogP contribution in [-0.4, -0.2) is 32.3 Å². The first-order valence-corrected chi connectivity index (χ1v) is 12.1. The number of nitrogens with one attached hydrogen (secondary N) is 1.